The lowest BCUT2D eigenvalue weighted by atomic mass is 9.84. The molecule has 3 atom stereocenters. The first kappa shape index (κ1) is 23.6. The summed E-state index contributed by atoms with van der Waals surface area (Å²) in [7, 11) is 0. The molecule has 4 rings (SSSR count). The second-order valence-electron chi connectivity index (χ2n) is 9.86. The number of hydrogen-bond acceptors (Lipinski definition) is 4. The van der Waals surface area contributed by atoms with Crippen molar-refractivity contribution in [3.63, 3.8) is 0 Å². The zero-order chi connectivity index (χ0) is 23.5. The van der Waals surface area contributed by atoms with E-state index in [0.717, 1.165) is 55.0 Å². The normalized spacial score (nSPS) is 20.6. The monoisotopic (exact) mass is 445 g/mol. The fourth-order valence-corrected chi connectivity index (χ4v) is 5.34. The molecule has 1 saturated heterocycles. The van der Waals surface area contributed by atoms with Crippen LogP contribution in [0.5, 0.6) is 0 Å². The van der Waals surface area contributed by atoms with Gasteiger partial charge in [-0.25, -0.2) is 0 Å². The fraction of sp³-hybridized carbons (Fsp3) is 0.483. The van der Waals surface area contributed by atoms with Crippen LogP contribution in [0.25, 0.3) is 11.1 Å². The minimum Gasteiger partial charge on any atom is -0.392 e. The first-order valence-electron chi connectivity index (χ1n) is 12.6. The van der Waals surface area contributed by atoms with Gasteiger partial charge in [-0.1, -0.05) is 46.4 Å². The number of aliphatic hydroxyl groups is 1. The van der Waals surface area contributed by atoms with Crippen LogP contribution in [0.1, 0.15) is 69.6 Å². The molecule has 0 aliphatic carbocycles. The fourth-order valence-electron chi connectivity index (χ4n) is 5.34. The third kappa shape index (κ3) is 4.59. The molecule has 2 aliphatic rings. The van der Waals surface area contributed by atoms with Crippen LogP contribution in [0.2, 0.25) is 0 Å². The van der Waals surface area contributed by atoms with E-state index in [4.69, 9.17) is 4.99 Å². The average Bonchev–Trinajstić information content (AvgIpc) is 3.28. The van der Waals surface area contributed by atoms with Gasteiger partial charge in [0, 0.05) is 36.2 Å². The Morgan fingerprint density at radius 2 is 2.12 bits per heavy atom. The summed E-state index contributed by atoms with van der Waals surface area (Å²) in [6.07, 6.45) is 8.26. The number of aliphatic hydroxyl groups excluding tert-OH is 1. The Labute approximate surface area is 199 Å². The molecule has 33 heavy (non-hydrogen) atoms. The van der Waals surface area contributed by atoms with Crippen molar-refractivity contribution in [3.8, 4) is 11.1 Å². The number of anilines is 2. The van der Waals surface area contributed by atoms with Gasteiger partial charge in [0.15, 0.2) is 0 Å². The van der Waals surface area contributed by atoms with E-state index in [0.29, 0.717) is 17.8 Å². The van der Waals surface area contributed by atoms with E-state index in [1.54, 1.807) is 6.20 Å². The number of benzene rings is 2. The zero-order valence-electron chi connectivity index (χ0n) is 20.7. The predicted octanol–water partition coefficient (Wildman–Crippen LogP) is 7.05. The molecule has 2 aromatic carbocycles. The van der Waals surface area contributed by atoms with Crippen LogP contribution >= 0.6 is 0 Å². The molecule has 2 N–H and O–H groups in total. The molecule has 0 aromatic heterocycles. The number of fused-ring (bicyclic) bond motifs is 1. The van der Waals surface area contributed by atoms with Gasteiger partial charge < -0.3 is 15.3 Å². The van der Waals surface area contributed by atoms with Crippen LogP contribution in [-0.2, 0) is 13.0 Å². The van der Waals surface area contributed by atoms with Crippen LogP contribution in [0, 0.1) is 11.8 Å². The Bertz CT molecular complexity index is 1040. The maximum absolute atomic E-state index is 10.5. The summed E-state index contributed by atoms with van der Waals surface area (Å²) in [5.41, 5.74) is 9.24. The topological polar surface area (TPSA) is 47.9 Å². The molecule has 0 saturated carbocycles. The van der Waals surface area contributed by atoms with Gasteiger partial charge in [-0.05, 0) is 84.0 Å². The molecular formula is C29H39N3O. The first-order valence-corrected chi connectivity index (χ1v) is 12.6. The third-order valence-corrected chi connectivity index (χ3v) is 7.55. The van der Waals surface area contributed by atoms with Crippen molar-refractivity contribution in [2.75, 3.05) is 23.3 Å². The highest BCUT2D eigenvalue weighted by molar-refractivity contribution is 5.86. The zero-order valence-corrected chi connectivity index (χ0v) is 20.7. The van der Waals surface area contributed by atoms with Crippen LogP contribution < -0.4 is 10.2 Å². The lowest BCUT2D eigenvalue weighted by Gasteiger charge is -2.29. The number of hydrogen-bond donors (Lipinski definition) is 2. The molecule has 0 spiro atoms. The number of nitrogens with zero attached hydrogens (tertiary/aromatic N) is 2. The highest BCUT2D eigenvalue weighted by Gasteiger charge is 2.27. The molecule has 2 heterocycles. The van der Waals surface area contributed by atoms with Crippen molar-refractivity contribution in [1.82, 2.24) is 0 Å². The highest BCUT2D eigenvalue weighted by Crippen LogP contribution is 2.45. The van der Waals surface area contributed by atoms with Crippen molar-refractivity contribution in [1.29, 1.82) is 0 Å². The van der Waals surface area contributed by atoms with E-state index in [2.05, 4.69) is 75.0 Å². The summed E-state index contributed by atoms with van der Waals surface area (Å²) in [5, 5.41) is 13.9. The summed E-state index contributed by atoms with van der Waals surface area (Å²) in [6, 6.07) is 9.11. The number of aliphatic imine (C=N–C) groups is 1. The van der Waals surface area contributed by atoms with E-state index in [9.17, 15) is 5.11 Å². The summed E-state index contributed by atoms with van der Waals surface area (Å²) in [5.74, 6) is 1.54. The predicted molar refractivity (Wildman–Crippen MR) is 142 cm³/mol. The standard InChI is InChI=1S/C29H39N3O/c1-6-20(5)28-24(22-9-10-23-13-21(7-2)16-31-26(23)14-22)15-27(32-12-11-19(4)17-32)25(18-33)29(28)30-8-3/h8-10,14-16,19-21,30,33H,3,6-7,11-13,17-18H2,1-2,4-5H3/t19-,20?,21?/m0/s1. The van der Waals surface area contributed by atoms with Gasteiger partial charge >= 0.3 is 0 Å². The molecule has 2 unspecified atom stereocenters. The maximum Gasteiger partial charge on any atom is 0.0722 e. The number of nitrogens with one attached hydrogen (secondary N) is 1. The van der Waals surface area contributed by atoms with Gasteiger partial charge in [-0.2, -0.15) is 0 Å². The van der Waals surface area contributed by atoms with Crippen LogP contribution in [0.3, 0.4) is 0 Å². The van der Waals surface area contributed by atoms with E-state index in [-0.39, 0.29) is 6.61 Å². The van der Waals surface area contributed by atoms with Gasteiger partial charge in [0.1, 0.15) is 0 Å². The van der Waals surface area contributed by atoms with Gasteiger partial charge in [-0.15, -0.1) is 0 Å². The SMILES string of the molecule is C=CNc1c(CO)c(N2CC[C@H](C)C2)cc(-c2ccc3c(c2)N=CC(CC)C3)c1C(C)CC. The lowest BCUT2D eigenvalue weighted by Crippen LogP contribution is -2.22. The summed E-state index contributed by atoms with van der Waals surface area (Å²) < 4.78 is 0. The van der Waals surface area contributed by atoms with Crippen LogP contribution in [0.15, 0.2) is 42.0 Å². The molecule has 1 fully saturated rings. The third-order valence-electron chi connectivity index (χ3n) is 7.55. The Morgan fingerprint density at radius 1 is 1.30 bits per heavy atom. The van der Waals surface area contributed by atoms with E-state index >= 15 is 0 Å². The van der Waals surface area contributed by atoms with Gasteiger partial charge in [-0.3, -0.25) is 4.99 Å². The Hall–Kier alpha value is -2.59. The van der Waals surface area contributed by atoms with Gasteiger partial charge in [0.05, 0.1) is 12.3 Å². The minimum atomic E-state index is 0.00693. The molecule has 4 nitrogen and oxygen atoms in total. The summed E-state index contributed by atoms with van der Waals surface area (Å²) >= 11 is 0. The van der Waals surface area contributed by atoms with Crippen molar-refractivity contribution in [2.45, 2.75) is 65.9 Å². The summed E-state index contributed by atoms with van der Waals surface area (Å²) in [4.78, 5) is 7.26. The Morgan fingerprint density at radius 3 is 2.76 bits per heavy atom. The molecule has 2 aromatic rings. The average molecular weight is 446 g/mol. The maximum atomic E-state index is 10.5. The van der Waals surface area contributed by atoms with Crippen molar-refractivity contribution < 1.29 is 5.11 Å². The van der Waals surface area contributed by atoms with Crippen LogP contribution in [-0.4, -0.2) is 24.4 Å². The Kier molecular flexibility index (Phi) is 7.23. The molecule has 0 radical (unpaired) electrons. The quantitative estimate of drug-likeness (QED) is 0.458. The molecule has 0 bridgehead atoms. The second kappa shape index (κ2) is 10.1. The minimum absolute atomic E-state index is 0.00693. The second-order valence-corrected chi connectivity index (χ2v) is 9.86. The van der Waals surface area contributed by atoms with E-state index < -0.39 is 0 Å². The molecule has 4 heteroatoms. The van der Waals surface area contributed by atoms with Crippen molar-refractivity contribution >= 4 is 23.3 Å². The van der Waals surface area contributed by atoms with Gasteiger partial charge in [0.25, 0.3) is 0 Å². The smallest absolute Gasteiger partial charge is 0.0722 e. The molecule has 176 valence electrons. The van der Waals surface area contributed by atoms with E-state index in [1.165, 1.54) is 28.7 Å². The summed E-state index contributed by atoms with van der Waals surface area (Å²) in [6.45, 7) is 15.0. The molecule has 2 aliphatic heterocycles. The van der Waals surface area contributed by atoms with Crippen LogP contribution in [0.4, 0.5) is 17.1 Å². The van der Waals surface area contributed by atoms with E-state index in [1.807, 2.05) is 0 Å². The molecular weight excluding hydrogens is 406 g/mol. The van der Waals surface area contributed by atoms with Gasteiger partial charge in [0.2, 0.25) is 0 Å². The lowest BCUT2D eigenvalue weighted by molar-refractivity contribution is 0.282. The first-order chi connectivity index (χ1) is 16.0. The van der Waals surface area contributed by atoms with Crippen molar-refractivity contribution in [3.05, 3.63) is 53.7 Å². The Balaban J connectivity index is 1.92. The number of rotatable bonds is 8. The largest absolute Gasteiger partial charge is 0.392 e. The molecule has 0 amide bonds. The highest BCUT2D eigenvalue weighted by atomic mass is 16.3. The van der Waals surface area contributed by atoms with Crippen molar-refractivity contribution in [2.24, 2.45) is 16.8 Å².